The van der Waals surface area contributed by atoms with Crippen LogP contribution in [0.4, 0.5) is 0 Å². The number of thioether (sulfide) groups is 1. The van der Waals surface area contributed by atoms with E-state index in [4.69, 9.17) is 9.47 Å². The Bertz CT molecular complexity index is 393. The minimum atomic E-state index is -0.294. The van der Waals surface area contributed by atoms with E-state index in [-0.39, 0.29) is 10.7 Å². The first-order valence-corrected chi connectivity index (χ1v) is 7.45. The lowest BCUT2D eigenvalue weighted by atomic mass is 10.2. The van der Waals surface area contributed by atoms with Gasteiger partial charge in [0.1, 0.15) is 5.75 Å². The van der Waals surface area contributed by atoms with Crippen LogP contribution in [0.1, 0.15) is 38.1 Å². The molecule has 0 aliphatic carbocycles. The maximum absolute atomic E-state index is 11.5. The van der Waals surface area contributed by atoms with E-state index in [2.05, 4.69) is 20.8 Å². The molecule has 0 unspecified atom stereocenters. The van der Waals surface area contributed by atoms with Crippen molar-refractivity contribution in [2.75, 3.05) is 19.0 Å². The quantitative estimate of drug-likeness (QED) is 0.587. The van der Waals surface area contributed by atoms with E-state index in [1.165, 1.54) is 0 Å². The highest BCUT2D eigenvalue weighted by molar-refractivity contribution is 8.00. The first-order chi connectivity index (χ1) is 8.92. The average Bonchev–Trinajstić information content (AvgIpc) is 2.34. The van der Waals surface area contributed by atoms with Crippen LogP contribution in [-0.2, 0) is 4.74 Å². The molecule has 0 saturated heterocycles. The fourth-order valence-corrected chi connectivity index (χ4v) is 2.19. The zero-order valence-corrected chi connectivity index (χ0v) is 12.9. The SMILES string of the molecule is CCOC(=O)c1ccc(OCCSC(C)(C)C)cc1. The lowest BCUT2D eigenvalue weighted by Gasteiger charge is -2.17. The van der Waals surface area contributed by atoms with Gasteiger partial charge in [-0.2, -0.15) is 11.8 Å². The molecular formula is C15H22O3S. The molecule has 106 valence electrons. The third kappa shape index (κ3) is 6.53. The first kappa shape index (κ1) is 15.9. The fourth-order valence-electron chi connectivity index (χ4n) is 1.41. The molecule has 1 rings (SSSR count). The zero-order valence-electron chi connectivity index (χ0n) is 12.1. The van der Waals surface area contributed by atoms with Gasteiger partial charge in [-0.25, -0.2) is 4.79 Å². The monoisotopic (exact) mass is 282 g/mol. The largest absolute Gasteiger partial charge is 0.493 e. The lowest BCUT2D eigenvalue weighted by molar-refractivity contribution is 0.0526. The van der Waals surface area contributed by atoms with Crippen LogP contribution in [0.5, 0.6) is 5.75 Å². The van der Waals surface area contributed by atoms with Crippen LogP contribution in [0.3, 0.4) is 0 Å². The minimum absolute atomic E-state index is 0.261. The Hall–Kier alpha value is -1.16. The third-order valence-corrected chi connectivity index (χ3v) is 3.49. The molecule has 1 aromatic rings. The second kappa shape index (κ2) is 7.43. The third-order valence-electron chi connectivity index (χ3n) is 2.25. The van der Waals surface area contributed by atoms with Crippen LogP contribution in [-0.4, -0.2) is 29.7 Å². The summed E-state index contributed by atoms with van der Waals surface area (Å²) in [7, 11) is 0. The summed E-state index contributed by atoms with van der Waals surface area (Å²) in [6.45, 7) is 9.41. The molecule has 4 heteroatoms. The van der Waals surface area contributed by atoms with Crippen molar-refractivity contribution in [1.29, 1.82) is 0 Å². The smallest absolute Gasteiger partial charge is 0.338 e. The number of benzene rings is 1. The van der Waals surface area contributed by atoms with Gasteiger partial charge in [0.2, 0.25) is 0 Å². The molecule has 3 nitrogen and oxygen atoms in total. The van der Waals surface area contributed by atoms with Crippen molar-refractivity contribution in [3.8, 4) is 5.75 Å². The summed E-state index contributed by atoms with van der Waals surface area (Å²) in [5.74, 6) is 1.43. The van der Waals surface area contributed by atoms with E-state index in [0.29, 0.717) is 18.8 Å². The van der Waals surface area contributed by atoms with Crippen molar-refractivity contribution >= 4 is 17.7 Å². The first-order valence-electron chi connectivity index (χ1n) is 6.46. The highest BCUT2D eigenvalue weighted by atomic mass is 32.2. The molecule has 0 heterocycles. The Kier molecular flexibility index (Phi) is 6.22. The maximum atomic E-state index is 11.5. The summed E-state index contributed by atoms with van der Waals surface area (Å²) in [4.78, 5) is 11.5. The topological polar surface area (TPSA) is 35.5 Å². The summed E-state index contributed by atoms with van der Waals surface area (Å²) in [6.07, 6.45) is 0. The van der Waals surface area contributed by atoms with Gasteiger partial charge < -0.3 is 9.47 Å². The molecule has 1 aromatic carbocycles. The van der Waals surface area contributed by atoms with Crippen LogP contribution >= 0.6 is 11.8 Å². The highest BCUT2D eigenvalue weighted by Gasteiger charge is 2.10. The Morgan fingerprint density at radius 3 is 2.37 bits per heavy atom. The van der Waals surface area contributed by atoms with Gasteiger partial charge in [-0.1, -0.05) is 20.8 Å². The Morgan fingerprint density at radius 1 is 1.21 bits per heavy atom. The Morgan fingerprint density at radius 2 is 1.84 bits per heavy atom. The maximum Gasteiger partial charge on any atom is 0.338 e. The number of carbonyl (C=O) groups is 1. The van der Waals surface area contributed by atoms with E-state index in [0.717, 1.165) is 11.5 Å². The molecule has 0 bridgehead atoms. The van der Waals surface area contributed by atoms with E-state index in [1.54, 1.807) is 31.2 Å². The predicted octanol–water partition coefficient (Wildman–Crippen LogP) is 3.77. The number of ether oxygens (including phenoxy) is 2. The predicted molar refractivity (Wildman–Crippen MR) is 80.1 cm³/mol. The summed E-state index contributed by atoms with van der Waals surface area (Å²) >= 11 is 1.87. The van der Waals surface area contributed by atoms with Crippen molar-refractivity contribution in [2.45, 2.75) is 32.4 Å². The van der Waals surface area contributed by atoms with E-state index in [1.807, 2.05) is 11.8 Å². The standard InChI is InChI=1S/C15H22O3S/c1-5-17-14(16)12-6-8-13(9-7-12)18-10-11-19-15(2,3)4/h6-9H,5,10-11H2,1-4H3. The number of rotatable bonds is 6. The lowest BCUT2D eigenvalue weighted by Crippen LogP contribution is -2.11. The molecule has 0 aliphatic rings. The fraction of sp³-hybridized carbons (Fsp3) is 0.533. The molecule has 0 radical (unpaired) electrons. The van der Waals surface area contributed by atoms with E-state index in [9.17, 15) is 4.79 Å². The second-order valence-corrected chi connectivity index (χ2v) is 6.98. The van der Waals surface area contributed by atoms with Crippen molar-refractivity contribution in [3.05, 3.63) is 29.8 Å². The average molecular weight is 282 g/mol. The number of hydrogen-bond acceptors (Lipinski definition) is 4. The molecule has 19 heavy (non-hydrogen) atoms. The molecule has 0 N–H and O–H groups in total. The molecule has 0 spiro atoms. The van der Waals surface area contributed by atoms with Gasteiger partial charge in [0.05, 0.1) is 18.8 Å². The zero-order chi connectivity index (χ0) is 14.3. The summed E-state index contributed by atoms with van der Waals surface area (Å²) < 4.78 is 10.8. The summed E-state index contributed by atoms with van der Waals surface area (Å²) in [6, 6.07) is 7.05. The number of carbonyl (C=O) groups excluding carboxylic acids is 1. The molecule has 0 aliphatic heterocycles. The summed E-state index contributed by atoms with van der Waals surface area (Å²) in [5, 5.41) is 0. The Balaban J connectivity index is 2.38. The van der Waals surface area contributed by atoms with Gasteiger partial charge in [0, 0.05) is 10.5 Å². The molecule has 0 amide bonds. The normalized spacial score (nSPS) is 11.2. The van der Waals surface area contributed by atoms with Crippen molar-refractivity contribution in [1.82, 2.24) is 0 Å². The van der Waals surface area contributed by atoms with Crippen LogP contribution in [0.15, 0.2) is 24.3 Å². The van der Waals surface area contributed by atoms with Gasteiger partial charge in [-0.3, -0.25) is 0 Å². The van der Waals surface area contributed by atoms with Crippen LogP contribution in [0.25, 0.3) is 0 Å². The Labute approximate surface area is 119 Å². The molecule has 0 atom stereocenters. The van der Waals surface area contributed by atoms with Crippen molar-refractivity contribution in [3.63, 3.8) is 0 Å². The van der Waals surface area contributed by atoms with Crippen molar-refractivity contribution < 1.29 is 14.3 Å². The minimum Gasteiger partial charge on any atom is -0.493 e. The van der Waals surface area contributed by atoms with Crippen LogP contribution in [0.2, 0.25) is 0 Å². The summed E-state index contributed by atoms with van der Waals surface area (Å²) in [5.41, 5.74) is 0.554. The van der Waals surface area contributed by atoms with Gasteiger partial charge in [0.25, 0.3) is 0 Å². The number of esters is 1. The molecule has 0 fully saturated rings. The van der Waals surface area contributed by atoms with E-state index < -0.39 is 0 Å². The molecular weight excluding hydrogens is 260 g/mol. The van der Waals surface area contributed by atoms with Crippen LogP contribution in [0, 0.1) is 0 Å². The second-order valence-electron chi connectivity index (χ2n) is 5.05. The van der Waals surface area contributed by atoms with Crippen LogP contribution < -0.4 is 4.74 Å². The molecule has 0 aromatic heterocycles. The van der Waals surface area contributed by atoms with Gasteiger partial charge in [-0.05, 0) is 31.2 Å². The number of hydrogen-bond donors (Lipinski definition) is 0. The molecule has 0 saturated carbocycles. The van der Waals surface area contributed by atoms with Crippen molar-refractivity contribution in [2.24, 2.45) is 0 Å². The van der Waals surface area contributed by atoms with Gasteiger partial charge >= 0.3 is 5.97 Å². The highest BCUT2D eigenvalue weighted by Crippen LogP contribution is 2.23. The van der Waals surface area contributed by atoms with Gasteiger partial charge in [0.15, 0.2) is 0 Å². The van der Waals surface area contributed by atoms with E-state index >= 15 is 0 Å². The van der Waals surface area contributed by atoms with Gasteiger partial charge in [-0.15, -0.1) is 0 Å².